The number of carboxylic acids is 2. The second-order valence-corrected chi connectivity index (χ2v) is 7.59. The van der Waals surface area contributed by atoms with E-state index in [1.165, 1.54) is 6.20 Å². The van der Waals surface area contributed by atoms with Crippen LogP contribution in [0.15, 0.2) is 37.1 Å². The maximum Gasteiger partial charge on any atom is 0.414 e. The number of nitriles is 1. The second kappa shape index (κ2) is 9.41. The van der Waals surface area contributed by atoms with Gasteiger partial charge in [0.05, 0.1) is 35.8 Å². The minimum absolute atomic E-state index is 0.225. The highest BCUT2D eigenvalue weighted by Crippen LogP contribution is 2.30. The third kappa shape index (κ3) is 4.42. The molecular weight excluding hydrogens is 442 g/mol. The Morgan fingerprint density at radius 2 is 1.94 bits per heavy atom. The summed E-state index contributed by atoms with van der Waals surface area (Å²) >= 11 is 0. The Morgan fingerprint density at radius 3 is 2.59 bits per heavy atom. The quantitative estimate of drug-likeness (QED) is 0.321. The number of fused-ring (bicyclic) bond motifs is 3. The third-order valence-corrected chi connectivity index (χ3v) is 5.49. The molecule has 4 N–H and O–H groups in total. The molecule has 5 rings (SSSR count). The van der Waals surface area contributed by atoms with Gasteiger partial charge in [-0.05, 0) is 18.9 Å². The summed E-state index contributed by atoms with van der Waals surface area (Å²) in [6, 6.07) is 4.61. The summed E-state index contributed by atoms with van der Waals surface area (Å²) in [4.78, 5) is 41.3. The van der Waals surface area contributed by atoms with Crippen LogP contribution in [0.4, 0.5) is 11.8 Å². The predicted octanol–water partition coefficient (Wildman–Crippen LogP) is 1.50. The van der Waals surface area contributed by atoms with Gasteiger partial charge in [0.1, 0.15) is 11.9 Å². The minimum atomic E-state index is -1.82. The summed E-state index contributed by atoms with van der Waals surface area (Å²) in [6.45, 7) is 3.01. The van der Waals surface area contributed by atoms with Gasteiger partial charge in [-0.1, -0.05) is 6.92 Å². The second-order valence-electron chi connectivity index (χ2n) is 7.59. The van der Waals surface area contributed by atoms with Gasteiger partial charge in [0.25, 0.3) is 0 Å². The molecule has 4 aromatic heterocycles. The minimum Gasteiger partial charge on any atom is -0.473 e. The molecular formula is C21H21N9O4. The summed E-state index contributed by atoms with van der Waals surface area (Å²) < 4.78 is 2.16. The smallest absolute Gasteiger partial charge is 0.414 e. The lowest BCUT2D eigenvalue weighted by Crippen LogP contribution is -2.31. The standard InChI is InChI=1S/C19H19N9.C2H2O4/c1-2-14-5-12(26-17-10-22-13(6-20)7-23-17)11-27(14)19-25-9-15-8-24-18-16(28(15)19)3-4-21-18;3-1(4)2(5)6/h3-4,7-10,12,14,21H,2,5,11H2,1H3,(H,23,26);(H,3,4)(H,5,6)/t12-,14+;/m0./s1. The molecule has 0 amide bonds. The summed E-state index contributed by atoms with van der Waals surface area (Å²) in [5.41, 5.74) is 3.17. The lowest BCUT2D eigenvalue weighted by atomic mass is 10.1. The largest absolute Gasteiger partial charge is 0.473 e. The summed E-state index contributed by atoms with van der Waals surface area (Å²) in [7, 11) is 0. The molecule has 0 radical (unpaired) electrons. The van der Waals surface area contributed by atoms with E-state index < -0.39 is 11.9 Å². The highest BCUT2D eigenvalue weighted by molar-refractivity contribution is 6.27. The van der Waals surface area contributed by atoms with Crippen LogP contribution in [0.1, 0.15) is 25.5 Å². The van der Waals surface area contributed by atoms with E-state index in [9.17, 15) is 0 Å². The SMILES string of the molecule is CC[C@@H]1C[C@H](Nc2cnc(C#N)cn2)CN1c1ncc2cnc3[nH]ccc3n12.O=C(O)C(=O)O. The molecule has 0 aliphatic carbocycles. The van der Waals surface area contributed by atoms with Gasteiger partial charge in [-0.3, -0.25) is 4.40 Å². The van der Waals surface area contributed by atoms with Crippen molar-refractivity contribution in [2.24, 2.45) is 0 Å². The normalized spacial score (nSPS) is 17.2. The number of hydrogen-bond donors (Lipinski definition) is 4. The van der Waals surface area contributed by atoms with Crippen molar-refractivity contribution in [2.75, 3.05) is 16.8 Å². The Labute approximate surface area is 192 Å². The number of H-pyrrole nitrogens is 1. The number of carboxylic acid groups (broad SMARTS) is 2. The molecule has 0 unspecified atom stereocenters. The van der Waals surface area contributed by atoms with E-state index in [0.717, 1.165) is 42.0 Å². The fourth-order valence-corrected chi connectivity index (χ4v) is 3.98. The molecule has 1 saturated heterocycles. The van der Waals surface area contributed by atoms with Crippen molar-refractivity contribution in [2.45, 2.75) is 31.8 Å². The Morgan fingerprint density at radius 1 is 1.18 bits per heavy atom. The van der Waals surface area contributed by atoms with Crippen molar-refractivity contribution < 1.29 is 19.8 Å². The Kier molecular flexibility index (Phi) is 6.22. The third-order valence-electron chi connectivity index (χ3n) is 5.49. The highest BCUT2D eigenvalue weighted by atomic mass is 16.4. The Bertz CT molecular complexity index is 1360. The van der Waals surface area contributed by atoms with Crippen LogP contribution in [0.2, 0.25) is 0 Å². The summed E-state index contributed by atoms with van der Waals surface area (Å²) in [5.74, 6) is -2.03. The molecule has 4 aromatic rings. The van der Waals surface area contributed by atoms with Gasteiger partial charge in [0.15, 0.2) is 11.3 Å². The number of aromatic nitrogens is 6. The van der Waals surface area contributed by atoms with Gasteiger partial charge in [-0.25, -0.2) is 29.5 Å². The van der Waals surface area contributed by atoms with E-state index in [4.69, 9.17) is 30.0 Å². The molecule has 2 atom stereocenters. The first-order chi connectivity index (χ1) is 16.4. The number of imidazole rings is 1. The van der Waals surface area contributed by atoms with Crippen LogP contribution in [0.3, 0.4) is 0 Å². The lowest BCUT2D eigenvalue weighted by molar-refractivity contribution is -0.159. The topological polar surface area (TPSA) is 185 Å². The summed E-state index contributed by atoms with van der Waals surface area (Å²) in [5, 5.41) is 27.1. The average Bonchev–Trinajstić information content (AvgIpc) is 3.56. The maximum atomic E-state index is 9.10. The van der Waals surface area contributed by atoms with Gasteiger partial charge < -0.3 is 25.4 Å². The van der Waals surface area contributed by atoms with Crippen LogP contribution in [-0.4, -0.2) is 70.1 Å². The first-order valence-corrected chi connectivity index (χ1v) is 10.4. The van der Waals surface area contributed by atoms with E-state index in [1.54, 1.807) is 6.20 Å². The molecule has 1 aliphatic heterocycles. The Balaban J connectivity index is 0.000000408. The number of nitrogens with one attached hydrogen (secondary N) is 2. The van der Waals surface area contributed by atoms with Gasteiger partial charge in [0.2, 0.25) is 5.95 Å². The number of rotatable bonds is 4. The first kappa shape index (κ1) is 22.5. The number of carbonyl (C=O) groups is 2. The molecule has 0 aromatic carbocycles. The van der Waals surface area contributed by atoms with E-state index >= 15 is 0 Å². The predicted molar refractivity (Wildman–Crippen MR) is 120 cm³/mol. The molecule has 1 aliphatic rings. The van der Waals surface area contributed by atoms with Gasteiger partial charge in [-0.2, -0.15) is 5.26 Å². The van der Waals surface area contributed by atoms with Crippen molar-refractivity contribution >= 4 is 40.4 Å². The van der Waals surface area contributed by atoms with Crippen LogP contribution in [0.25, 0.3) is 16.7 Å². The molecule has 5 heterocycles. The van der Waals surface area contributed by atoms with Crippen molar-refractivity contribution in [3.63, 3.8) is 0 Å². The number of hydrogen-bond acceptors (Lipinski definition) is 9. The molecule has 0 saturated carbocycles. The first-order valence-electron chi connectivity index (χ1n) is 10.4. The van der Waals surface area contributed by atoms with Crippen LogP contribution in [0.5, 0.6) is 0 Å². The Hall–Kier alpha value is -4.73. The molecule has 174 valence electrons. The highest BCUT2D eigenvalue weighted by Gasteiger charge is 2.33. The molecule has 0 bridgehead atoms. The summed E-state index contributed by atoms with van der Waals surface area (Å²) in [6.07, 6.45) is 10.7. The van der Waals surface area contributed by atoms with Crippen LogP contribution < -0.4 is 10.2 Å². The number of anilines is 2. The van der Waals surface area contributed by atoms with E-state index in [2.05, 4.69) is 41.5 Å². The molecule has 0 spiro atoms. The van der Waals surface area contributed by atoms with E-state index in [0.29, 0.717) is 17.6 Å². The molecule has 13 nitrogen and oxygen atoms in total. The molecule has 1 fully saturated rings. The van der Waals surface area contributed by atoms with Crippen molar-refractivity contribution in [3.8, 4) is 6.07 Å². The van der Waals surface area contributed by atoms with Crippen molar-refractivity contribution in [3.05, 3.63) is 42.7 Å². The number of aromatic amines is 1. The zero-order valence-electron chi connectivity index (χ0n) is 18.1. The zero-order chi connectivity index (χ0) is 24.2. The number of nitrogens with zero attached hydrogens (tertiary/aromatic N) is 7. The fourth-order valence-electron chi connectivity index (χ4n) is 3.98. The monoisotopic (exact) mass is 463 g/mol. The van der Waals surface area contributed by atoms with Gasteiger partial charge in [-0.15, -0.1) is 0 Å². The molecule has 13 heteroatoms. The maximum absolute atomic E-state index is 9.10. The van der Waals surface area contributed by atoms with Gasteiger partial charge >= 0.3 is 11.9 Å². The van der Waals surface area contributed by atoms with Gasteiger partial charge in [0, 0.05) is 24.8 Å². The average molecular weight is 463 g/mol. The van der Waals surface area contributed by atoms with E-state index in [1.807, 2.05) is 30.7 Å². The van der Waals surface area contributed by atoms with Crippen LogP contribution >= 0.6 is 0 Å². The fraction of sp³-hybridized carbons (Fsp3) is 0.286. The molecule has 34 heavy (non-hydrogen) atoms. The zero-order valence-corrected chi connectivity index (χ0v) is 18.1. The van der Waals surface area contributed by atoms with Crippen molar-refractivity contribution in [1.29, 1.82) is 5.26 Å². The van der Waals surface area contributed by atoms with Crippen molar-refractivity contribution in [1.82, 2.24) is 29.3 Å². The van der Waals surface area contributed by atoms with E-state index in [-0.39, 0.29) is 6.04 Å². The van der Waals surface area contributed by atoms with Crippen LogP contribution in [0, 0.1) is 11.3 Å². The lowest BCUT2D eigenvalue weighted by Gasteiger charge is -2.24. The number of aliphatic carboxylic acids is 2. The van der Waals surface area contributed by atoms with Crippen LogP contribution in [-0.2, 0) is 9.59 Å².